The van der Waals surface area contributed by atoms with E-state index in [2.05, 4.69) is 151 Å². The van der Waals surface area contributed by atoms with Gasteiger partial charge in [0.2, 0.25) is 0 Å². The molecular formula is C42H31N. The van der Waals surface area contributed by atoms with Crippen molar-refractivity contribution in [3.05, 3.63) is 168 Å². The smallest absolute Gasteiger partial charge is 0.0497 e. The van der Waals surface area contributed by atoms with Crippen LogP contribution in [0.25, 0.3) is 43.5 Å². The Morgan fingerprint density at radius 1 is 0.535 bits per heavy atom. The van der Waals surface area contributed by atoms with Crippen LogP contribution in [-0.2, 0) is 0 Å². The summed E-state index contributed by atoms with van der Waals surface area (Å²) in [6.45, 7) is 0. The molecule has 1 unspecified atom stereocenters. The van der Waals surface area contributed by atoms with Crippen LogP contribution in [0.15, 0.2) is 151 Å². The average molecular weight is 550 g/mol. The summed E-state index contributed by atoms with van der Waals surface area (Å²) in [5.74, 6) is 0.323. The minimum atomic E-state index is 0.323. The van der Waals surface area contributed by atoms with Crippen LogP contribution < -0.4 is 4.90 Å². The molecule has 0 fully saturated rings. The van der Waals surface area contributed by atoms with Crippen LogP contribution in [-0.4, -0.2) is 0 Å². The molecule has 0 N–H and O–H groups in total. The molecule has 43 heavy (non-hydrogen) atoms. The lowest BCUT2D eigenvalue weighted by molar-refractivity contribution is 0.833. The van der Waals surface area contributed by atoms with Crippen molar-refractivity contribution in [3.63, 3.8) is 0 Å². The second-order valence-corrected chi connectivity index (χ2v) is 11.9. The maximum absolute atomic E-state index is 2.46. The first kappa shape index (κ1) is 24.5. The molecule has 1 atom stereocenters. The predicted octanol–water partition coefficient (Wildman–Crippen LogP) is 11.5. The van der Waals surface area contributed by atoms with E-state index >= 15 is 0 Å². The lowest BCUT2D eigenvalue weighted by Gasteiger charge is -2.27. The van der Waals surface area contributed by atoms with E-state index in [1.807, 2.05) is 0 Å². The van der Waals surface area contributed by atoms with Crippen molar-refractivity contribution < 1.29 is 0 Å². The molecule has 0 spiro atoms. The number of anilines is 2. The van der Waals surface area contributed by atoms with E-state index in [4.69, 9.17) is 0 Å². The third-order valence-electron chi connectivity index (χ3n) is 9.65. The molecule has 0 aromatic heterocycles. The van der Waals surface area contributed by atoms with Crippen molar-refractivity contribution in [2.45, 2.75) is 25.2 Å². The van der Waals surface area contributed by atoms with Gasteiger partial charge in [-0.1, -0.05) is 121 Å². The summed E-state index contributed by atoms with van der Waals surface area (Å²) in [4.78, 5) is 2.46. The highest BCUT2D eigenvalue weighted by Gasteiger charge is 2.36. The van der Waals surface area contributed by atoms with Gasteiger partial charge in [-0.15, -0.1) is 0 Å². The van der Waals surface area contributed by atoms with Crippen LogP contribution in [0.1, 0.15) is 41.9 Å². The van der Waals surface area contributed by atoms with E-state index < -0.39 is 0 Å². The van der Waals surface area contributed by atoms with E-state index in [0.717, 1.165) is 19.3 Å². The topological polar surface area (TPSA) is 3.24 Å². The van der Waals surface area contributed by atoms with Gasteiger partial charge < -0.3 is 4.90 Å². The molecule has 2 aliphatic carbocycles. The van der Waals surface area contributed by atoms with E-state index in [9.17, 15) is 0 Å². The summed E-state index contributed by atoms with van der Waals surface area (Å²) in [6, 6.07) is 42.6. The Morgan fingerprint density at radius 2 is 1.19 bits per heavy atom. The molecule has 0 saturated heterocycles. The van der Waals surface area contributed by atoms with Gasteiger partial charge in [-0.05, 0) is 104 Å². The maximum atomic E-state index is 2.46. The van der Waals surface area contributed by atoms with Gasteiger partial charge in [0.05, 0.1) is 0 Å². The first-order valence-corrected chi connectivity index (χ1v) is 15.4. The summed E-state index contributed by atoms with van der Waals surface area (Å²) in [5, 5.41) is 8.12. The molecule has 1 heterocycles. The molecule has 0 bridgehead atoms. The molecule has 6 aromatic carbocycles. The largest absolute Gasteiger partial charge is 0.313 e. The molecule has 6 aromatic rings. The normalized spacial score (nSPS) is 17.5. The summed E-state index contributed by atoms with van der Waals surface area (Å²) in [6.07, 6.45) is 14.8. The summed E-state index contributed by atoms with van der Waals surface area (Å²) >= 11 is 0. The van der Waals surface area contributed by atoms with Gasteiger partial charge in [-0.25, -0.2) is 0 Å². The fourth-order valence-corrected chi connectivity index (χ4v) is 7.79. The Labute approximate surface area is 252 Å². The molecule has 1 aliphatic heterocycles. The SMILES string of the molecule is C1=CCCC(c2cccc3c4ccccc4c4cccc(C5=CC=C6C(C5)c5ccccc5N6c5ccccc5)c4c23)=C1. The minimum Gasteiger partial charge on any atom is -0.313 e. The summed E-state index contributed by atoms with van der Waals surface area (Å²) in [5.41, 5.74) is 10.9. The second-order valence-electron chi connectivity index (χ2n) is 11.9. The zero-order chi connectivity index (χ0) is 28.3. The number of hydrogen-bond donors (Lipinski definition) is 0. The average Bonchev–Trinajstić information content (AvgIpc) is 3.42. The number of allylic oxidation sites excluding steroid dienone is 8. The predicted molar refractivity (Wildman–Crippen MR) is 184 cm³/mol. The van der Waals surface area contributed by atoms with Gasteiger partial charge >= 0.3 is 0 Å². The van der Waals surface area contributed by atoms with Gasteiger partial charge in [-0.2, -0.15) is 0 Å². The van der Waals surface area contributed by atoms with Gasteiger partial charge in [0.25, 0.3) is 0 Å². The quantitative estimate of drug-likeness (QED) is 0.198. The van der Waals surface area contributed by atoms with Crippen molar-refractivity contribution >= 4 is 54.8 Å². The monoisotopic (exact) mass is 549 g/mol. The number of rotatable bonds is 3. The number of fused-ring (bicyclic) bond motifs is 9. The Bertz CT molecular complexity index is 2210. The van der Waals surface area contributed by atoms with Crippen LogP contribution >= 0.6 is 0 Å². The summed E-state index contributed by atoms with van der Waals surface area (Å²) in [7, 11) is 0. The maximum Gasteiger partial charge on any atom is 0.0497 e. The zero-order valence-corrected chi connectivity index (χ0v) is 24.0. The van der Waals surface area contributed by atoms with Crippen LogP contribution in [0, 0.1) is 0 Å². The lowest BCUT2D eigenvalue weighted by Crippen LogP contribution is -2.15. The highest BCUT2D eigenvalue weighted by atomic mass is 15.2. The number of hydrogen-bond acceptors (Lipinski definition) is 1. The fourth-order valence-electron chi connectivity index (χ4n) is 7.79. The van der Waals surface area contributed by atoms with Gasteiger partial charge in [0.15, 0.2) is 0 Å². The molecule has 3 aliphatic rings. The number of nitrogens with zero attached hydrogens (tertiary/aromatic N) is 1. The van der Waals surface area contributed by atoms with Crippen LogP contribution in [0.3, 0.4) is 0 Å². The Hall–Kier alpha value is -5.14. The summed E-state index contributed by atoms with van der Waals surface area (Å²) < 4.78 is 0. The Kier molecular flexibility index (Phi) is 5.52. The number of benzene rings is 6. The number of para-hydroxylation sites is 2. The lowest BCUT2D eigenvalue weighted by atomic mass is 9.81. The molecule has 0 radical (unpaired) electrons. The van der Waals surface area contributed by atoms with Gasteiger partial charge in [-0.3, -0.25) is 0 Å². The molecular weight excluding hydrogens is 518 g/mol. The molecule has 1 nitrogen and oxygen atoms in total. The first-order valence-electron chi connectivity index (χ1n) is 15.4. The van der Waals surface area contributed by atoms with Gasteiger partial charge in [0, 0.05) is 23.0 Å². The second kappa shape index (κ2) is 9.71. The van der Waals surface area contributed by atoms with E-state index in [0.29, 0.717) is 5.92 Å². The third kappa shape index (κ3) is 3.71. The highest BCUT2D eigenvalue weighted by Crippen LogP contribution is 2.53. The van der Waals surface area contributed by atoms with E-state index in [1.165, 1.54) is 77.2 Å². The Balaban J connectivity index is 1.31. The van der Waals surface area contributed by atoms with E-state index in [1.54, 1.807) is 0 Å². The third-order valence-corrected chi connectivity index (χ3v) is 9.65. The highest BCUT2D eigenvalue weighted by molar-refractivity contribution is 6.29. The standard InChI is InChI=1S/C42H31N/c1-3-13-28(14-4-1)31-20-11-22-36-33-17-7-8-18-34(33)37-23-12-21-32(42(37)41(31)36)29-25-26-40-38(27-29)35-19-9-10-24-39(35)43(40)30-15-5-2-6-16-30/h1-3,5-13,15-26,38H,4,14,27H2. The molecule has 0 amide bonds. The van der Waals surface area contributed by atoms with Crippen molar-refractivity contribution in [2.24, 2.45) is 0 Å². The minimum absolute atomic E-state index is 0.323. The van der Waals surface area contributed by atoms with Crippen molar-refractivity contribution in [1.82, 2.24) is 0 Å². The molecule has 204 valence electrons. The van der Waals surface area contributed by atoms with Crippen LogP contribution in [0.2, 0.25) is 0 Å². The van der Waals surface area contributed by atoms with Gasteiger partial charge in [0.1, 0.15) is 0 Å². The fraction of sp³-hybridized carbons (Fsp3) is 0.0952. The van der Waals surface area contributed by atoms with Crippen molar-refractivity contribution in [1.29, 1.82) is 0 Å². The first-order chi connectivity index (χ1) is 21.4. The molecule has 1 heteroatoms. The molecule has 0 saturated carbocycles. The molecule has 9 rings (SSSR count). The zero-order valence-electron chi connectivity index (χ0n) is 24.0. The van der Waals surface area contributed by atoms with E-state index in [-0.39, 0.29) is 0 Å². The van der Waals surface area contributed by atoms with Crippen LogP contribution in [0.4, 0.5) is 11.4 Å². The Morgan fingerprint density at radius 3 is 1.91 bits per heavy atom. The van der Waals surface area contributed by atoms with Crippen molar-refractivity contribution in [2.75, 3.05) is 4.90 Å². The van der Waals surface area contributed by atoms with Crippen LogP contribution in [0.5, 0.6) is 0 Å². The van der Waals surface area contributed by atoms with Crippen molar-refractivity contribution in [3.8, 4) is 0 Å².